The zero-order chi connectivity index (χ0) is 10.7. The Labute approximate surface area is 89.2 Å². The molecule has 0 bridgehead atoms. The number of aromatic nitrogens is 1. The van der Waals surface area contributed by atoms with E-state index in [1.54, 1.807) is 13.4 Å². The van der Waals surface area contributed by atoms with Gasteiger partial charge in [0.25, 0.3) is 6.01 Å². The fraction of sp³-hybridized carbons (Fsp3) is 0.700. The summed E-state index contributed by atoms with van der Waals surface area (Å²) in [5, 5.41) is 0. The third-order valence-electron chi connectivity index (χ3n) is 2.73. The van der Waals surface area contributed by atoms with Gasteiger partial charge in [-0.25, -0.2) is 0 Å². The number of methoxy groups -OCH3 is 1. The lowest BCUT2D eigenvalue weighted by atomic mass is 10.1. The number of nitrogens with two attached hydrogens (primary N) is 1. The summed E-state index contributed by atoms with van der Waals surface area (Å²) in [5.74, 6) is 0. The van der Waals surface area contributed by atoms with Gasteiger partial charge in [0.2, 0.25) is 0 Å². The van der Waals surface area contributed by atoms with Crippen molar-refractivity contribution in [1.82, 2.24) is 4.98 Å². The van der Waals surface area contributed by atoms with Crippen molar-refractivity contribution in [2.75, 3.05) is 25.1 Å². The molecule has 0 amide bonds. The highest BCUT2D eigenvalue weighted by Gasteiger charge is 2.22. The molecule has 84 valence electrons. The first-order valence-corrected chi connectivity index (χ1v) is 5.25. The first-order valence-electron chi connectivity index (χ1n) is 5.25. The smallest absolute Gasteiger partial charge is 0.297 e. The standard InChI is InChI=1S/C10H17N3O2/c1-14-9-3-2-4-13(6-9)10-12-8(5-11)7-15-10/h7,9H,2-6,11H2,1H3. The van der Waals surface area contributed by atoms with E-state index < -0.39 is 0 Å². The summed E-state index contributed by atoms with van der Waals surface area (Å²) >= 11 is 0. The summed E-state index contributed by atoms with van der Waals surface area (Å²) in [5.41, 5.74) is 6.28. The van der Waals surface area contributed by atoms with Crippen LogP contribution in [0.2, 0.25) is 0 Å². The van der Waals surface area contributed by atoms with Crippen molar-refractivity contribution in [3.63, 3.8) is 0 Å². The van der Waals surface area contributed by atoms with E-state index in [0.29, 0.717) is 12.6 Å². The quantitative estimate of drug-likeness (QED) is 0.799. The molecule has 1 atom stereocenters. The van der Waals surface area contributed by atoms with Gasteiger partial charge in [-0.15, -0.1) is 0 Å². The van der Waals surface area contributed by atoms with Crippen LogP contribution in [-0.2, 0) is 11.3 Å². The van der Waals surface area contributed by atoms with Crippen LogP contribution in [0, 0.1) is 0 Å². The van der Waals surface area contributed by atoms with E-state index in [9.17, 15) is 0 Å². The maximum Gasteiger partial charge on any atom is 0.297 e. The normalized spacial score (nSPS) is 22.0. The van der Waals surface area contributed by atoms with Crippen LogP contribution in [0.3, 0.4) is 0 Å². The van der Waals surface area contributed by atoms with Crippen molar-refractivity contribution in [3.8, 4) is 0 Å². The Morgan fingerprint density at radius 1 is 1.73 bits per heavy atom. The van der Waals surface area contributed by atoms with Crippen molar-refractivity contribution in [3.05, 3.63) is 12.0 Å². The molecule has 0 spiro atoms. The lowest BCUT2D eigenvalue weighted by Gasteiger charge is -2.30. The minimum Gasteiger partial charge on any atom is -0.432 e. The summed E-state index contributed by atoms with van der Waals surface area (Å²) in [6, 6.07) is 0.664. The van der Waals surface area contributed by atoms with E-state index in [4.69, 9.17) is 14.9 Å². The molecule has 0 aliphatic carbocycles. The third-order valence-corrected chi connectivity index (χ3v) is 2.73. The molecule has 2 N–H and O–H groups in total. The van der Waals surface area contributed by atoms with Gasteiger partial charge in [0.1, 0.15) is 6.26 Å². The van der Waals surface area contributed by atoms with E-state index in [-0.39, 0.29) is 6.10 Å². The average Bonchev–Trinajstić information content (AvgIpc) is 2.78. The second-order valence-electron chi connectivity index (χ2n) is 3.77. The highest BCUT2D eigenvalue weighted by molar-refractivity contribution is 5.28. The Bertz CT molecular complexity index is 313. The van der Waals surface area contributed by atoms with E-state index >= 15 is 0 Å². The molecule has 1 aliphatic rings. The molecule has 2 rings (SSSR count). The van der Waals surface area contributed by atoms with Crippen LogP contribution in [0.25, 0.3) is 0 Å². The Morgan fingerprint density at radius 3 is 3.27 bits per heavy atom. The van der Waals surface area contributed by atoms with Gasteiger partial charge >= 0.3 is 0 Å². The lowest BCUT2D eigenvalue weighted by molar-refractivity contribution is 0.0879. The summed E-state index contributed by atoms with van der Waals surface area (Å²) in [4.78, 5) is 6.41. The zero-order valence-electron chi connectivity index (χ0n) is 8.98. The number of piperidine rings is 1. The lowest BCUT2D eigenvalue weighted by Crippen LogP contribution is -2.39. The van der Waals surface area contributed by atoms with E-state index in [1.807, 2.05) is 0 Å². The van der Waals surface area contributed by atoms with Crippen LogP contribution in [0.4, 0.5) is 6.01 Å². The van der Waals surface area contributed by atoms with Crippen LogP contribution in [0.15, 0.2) is 10.7 Å². The Kier molecular flexibility index (Phi) is 3.23. The zero-order valence-corrected chi connectivity index (χ0v) is 8.98. The minimum absolute atomic E-state index is 0.284. The molecule has 1 aliphatic heterocycles. The van der Waals surface area contributed by atoms with Crippen LogP contribution in [0.5, 0.6) is 0 Å². The SMILES string of the molecule is COC1CCCN(c2nc(CN)co2)C1. The van der Waals surface area contributed by atoms with Crippen LogP contribution < -0.4 is 10.6 Å². The van der Waals surface area contributed by atoms with Gasteiger partial charge in [0.05, 0.1) is 11.8 Å². The van der Waals surface area contributed by atoms with Crippen LogP contribution >= 0.6 is 0 Å². The van der Waals surface area contributed by atoms with Gasteiger partial charge in [0, 0.05) is 26.7 Å². The second-order valence-corrected chi connectivity index (χ2v) is 3.77. The highest BCUT2D eigenvalue weighted by atomic mass is 16.5. The van der Waals surface area contributed by atoms with E-state index in [2.05, 4.69) is 9.88 Å². The number of oxazole rings is 1. The first-order chi connectivity index (χ1) is 7.33. The predicted molar refractivity (Wildman–Crippen MR) is 56.6 cm³/mol. The summed E-state index contributed by atoms with van der Waals surface area (Å²) in [7, 11) is 1.75. The molecule has 1 unspecified atom stereocenters. The molecular weight excluding hydrogens is 194 g/mol. The topological polar surface area (TPSA) is 64.5 Å². The van der Waals surface area contributed by atoms with Crippen molar-refractivity contribution >= 4 is 6.01 Å². The molecule has 0 aromatic carbocycles. The largest absolute Gasteiger partial charge is 0.432 e. The molecule has 5 heteroatoms. The Hall–Kier alpha value is -1.07. The fourth-order valence-corrected chi connectivity index (χ4v) is 1.84. The van der Waals surface area contributed by atoms with E-state index in [1.165, 1.54) is 0 Å². The van der Waals surface area contributed by atoms with Gasteiger partial charge in [-0.1, -0.05) is 0 Å². The molecule has 15 heavy (non-hydrogen) atoms. The number of ether oxygens (including phenoxy) is 1. The molecule has 0 saturated carbocycles. The number of hydrogen-bond donors (Lipinski definition) is 1. The summed E-state index contributed by atoms with van der Waals surface area (Å²) in [6.45, 7) is 2.25. The number of rotatable bonds is 3. The van der Waals surface area contributed by atoms with Crippen molar-refractivity contribution in [2.45, 2.75) is 25.5 Å². The molecule has 2 heterocycles. The van der Waals surface area contributed by atoms with Crippen LogP contribution in [0.1, 0.15) is 18.5 Å². The number of nitrogens with zero attached hydrogens (tertiary/aromatic N) is 2. The van der Waals surface area contributed by atoms with Crippen molar-refractivity contribution in [2.24, 2.45) is 5.73 Å². The van der Waals surface area contributed by atoms with Crippen molar-refractivity contribution in [1.29, 1.82) is 0 Å². The second kappa shape index (κ2) is 4.63. The average molecular weight is 211 g/mol. The molecule has 1 aromatic heterocycles. The molecule has 1 saturated heterocycles. The maximum absolute atomic E-state index is 5.48. The molecule has 0 radical (unpaired) electrons. The van der Waals surface area contributed by atoms with Gasteiger partial charge in [-0.05, 0) is 12.8 Å². The number of hydrogen-bond acceptors (Lipinski definition) is 5. The highest BCUT2D eigenvalue weighted by Crippen LogP contribution is 2.20. The molecule has 1 fully saturated rings. The van der Waals surface area contributed by atoms with Gasteiger partial charge < -0.3 is 19.8 Å². The number of anilines is 1. The van der Waals surface area contributed by atoms with Crippen LogP contribution in [-0.4, -0.2) is 31.3 Å². The third kappa shape index (κ3) is 2.30. The van der Waals surface area contributed by atoms with Gasteiger partial charge in [-0.2, -0.15) is 4.98 Å². The first kappa shape index (κ1) is 10.4. The van der Waals surface area contributed by atoms with Crippen molar-refractivity contribution < 1.29 is 9.15 Å². The molecular formula is C10H17N3O2. The fourth-order valence-electron chi connectivity index (χ4n) is 1.84. The summed E-state index contributed by atoms with van der Waals surface area (Å²) in [6.07, 6.45) is 4.12. The Morgan fingerprint density at radius 2 is 2.60 bits per heavy atom. The molecule has 5 nitrogen and oxygen atoms in total. The maximum atomic E-state index is 5.48. The monoisotopic (exact) mass is 211 g/mol. The van der Waals surface area contributed by atoms with E-state index in [0.717, 1.165) is 31.6 Å². The summed E-state index contributed by atoms with van der Waals surface area (Å²) < 4.78 is 10.7. The van der Waals surface area contributed by atoms with Gasteiger partial charge in [0.15, 0.2) is 0 Å². The predicted octanol–water partition coefficient (Wildman–Crippen LogP) is 0.749. The Balaban J connectivity index is 2.03. The van der Waals surface area contributed by atoms with Gasteiger partial charge in [-0.3, -0.25) is 0 Å². The molecule has 1 aromatic rings. The minimum atomic E-state index is 0.284.